The lowest BCUT2D eigenvalue weighted by atomic mass is 10.4. The van der Waals surface area contributed by atoms with Crippen molar-refractivity contribution < 1.29 is 0 Å². The lowest BCUT2D eigenvalue weighted by Gasteiger charge is -2.08. The van der Waals surface area contributed by atoms with E-state index in [0.717, 1.165) is 6.42 Å². The van der Waals surface area contributed by atoms with Crippen molar-refractivity contribution in [1.82, 2.24) is 10.4 Å². The second kappa shape index (κ2) is 1.21. The first-order chi connectivity index (χ1) is 3.97. The number of hydrazone groups is 2. The van der Waals surface area contributed by atoms with E-state index in [9.17, 15) is 0 Å². The maximum Gasteiger partial charge on any atom is 0.146 e. The molecule has 42 valence electrons. The van der Waals surface area contributed by atoms with Crippen LogP contribution in [0.5, 0.6) is 0 Å². The number of hydrogen-bond acceptors (Lipinski definition) is 4. The first-order valence-electron chi connectivity index (χ1n) is 2.57. The van der Waals surface area contributed by atoms with Gasteiger partial charge < -0.3 is 5.32 Å². The number of nitrogens with zero attached hydrogens (tertiary/aromatic N) is 3. The van der Waals surface area contributed by atoms with Gasteiger partial charge in [0.2, 0.25) is 0 Å². The SMILES string of the molecule is C1=NN2N=CNC2C1. The zero-order valence-corrected chi connectivity index (χ0v) is 4.28. The summed E-state index contributed by atoms with van der Waals surface area (Å²) in [5.41, 5.74) is 0. The summed E-state index contributed by atoms with van der Waals surface area (Å²) in [6, 6.07) is 0. The van der Waals surface area contributed by atoms with Crippen molar-refractivity contribution in [2.45, 2.75) is 12.6 Å². The van der Waals surface area contributed by atoms with Gasteiger partial charge in [-0.1, -0.05) is 0 Å². The summed E-state index contributed by atoms with van der Waals surface area (Å²) in [4.78, 5) is 0. The van der Waals surface area contributed by atoms with Gasteiger partial charge in [0.05, 0.1) is 0 Å². The third-order valence-corrected chi connectivity index (χ3v) is 1.25. The van der Waals surface area contributed by atoms with Crippen molar-refractivity contribution in [3.05, 3.63) is 0 Å². The van der Waals surface area contributed by atoms with Crippen molar-refractivity contribution in [2.75, 3.05) is 0 Å². The van der Waals surface area contributed by atoms with E-state index >= 15 is 0 Å². The van der Waals surface area contributed by atoms with Crippen molar-refractivity contribution in [2.24, 2.45) is 10.2 Å². The topological polar surface area (TPSA) is 40.0 Å². The van der Waals surface area contributed by atoms with Crippen molar-refractivity contribution in [1.29, 1.82) is 0 Å². The van der Waals surface area contributed by atoms with E-state index in [0.29, 0.717) is 6.17 Å². The molecular formula is C4H6N4. The molecule has 0 saturated heterocycles. The minimum absolute atomic E-state index is 0.315. The fraction of sp³-hybridized carbons (Fsp3) is 0.500. The number of nitrogens with one attached hydrogen (secondary N) is 1. The molecule has 0 spiro atoms. The fourth-order valence-corrected chi connectivity index (χ4v) is 0.829. The zero-order chi connectivity index (χ0) is 5.40. The van der Waals surface area contributed by atoms with E-state index in [1.807, 2.05) is 6.21 Å². The Morgan fingerprint density at radius 1 is 1.62 bits per heavy atom. The summed E-state index contributed by atoms with van der Waals surface area (Å²) < 4.78 is 0. The van der Waals surface area contributed by atoms with Crippen LogP contribution >= 0.6 is 0 Å². The molecule has 0 aromatic carbocycles. The largest absolute Gasteiger partial charge is 0.351 e. The predicted octanol–water partition coefficient (Wildman–Crippen LogP) is -0.450. The smallest absolute Gasteiger partial charge is 0.146 e. The first-order valence-corrected chi connectivity index (χ1v) is 2.57. The maximum absolute atomic E-state index is 3.95. The van der Waals surface area contributed by atoms with Gasteiger partial charge in [-0.15, -0.1) is 5.10 Å². The molecule has 0 fully saturated rings. The molecular weight excluding hydrogens is 104 g/mol. The fourth-order valence-electron chi connectivity index (χ4n) is 0.829. The van der Waals surface area contributed by atoms with Crippen LogP contribution in [0.2, 0.25) is 0 Å². The molecule has 8 heavy (non-hydrogen) atoms. The van der Waals surface area contributed by atoms with Crippen molar-refractivity contribution in [3.8, 4) is 0 Å². The van der Waals surface area contributed by atoms with Crippen LogP contribution in [0.3, 0.4) is 0 Å². The molecule has 1 N–H and O–H groups in total. The minimum atomic E-state index is 0.315. The van der Waals surface area contributed by atoms with Gasteiger partial charge >= 0.3 is 0 Å². The van der Waals surface area contributed by atoms with E-state index in [4.69, 9.17) is 0 Å². The zero-order valence-electron chi connectivity index (χ0n) is 4.28. The van der Waals surface area contributed by atoms with Crippen LogP contribution in [0.1, 0.15) is 6.42 Å². The van der Waals surface area contributed by atoms with Crippen LogP contribution in [-0.2, 0) is 0 Å². The van der Waals surface area contributed by atoms with Gasteiger partial charge in [0.25, 0.3) is 0 Å². The Morgan fingerprint density at radius 2 is 2.62 bits per heavy atom. The third-order valence-electron chi connectivity index (χ3n) is 1.25. The standard InChI is InChI=1S/C4H6N4/c1-2-6-8-4(1)5-3-7-8/h2-4H,1H2,(H,5,7). The van der Waals surface area contributed by atoms with E-state index in [1.165, 1.54) is 0 Å². The van der Waals surface area contributed by atoms with Crippen LogP contribution in [0.25, 0.3) is 0 Å². The predicted molar refractivity (Wildman–Crippen MR) is 30.4 cm³/mol. The van der Waals surface area contributed by atoms with Gasteiger partial charge in [-0.25, -0.2) is 0 Å². The average Bonchev–Trinajstić information content (AvgIpc) is 2.15. The van der Waals surface area contributed by atoms with Crippen LogP contribution in [0, 0.1) is 0 Å². The van der Waals surface area contributed by atoms with E-state index in [1.54, 1.807) is 11.5 Å². The van der Waals surface area contributed by atoms with Crippen molar-refractivity contribution in [3.63, 3.8) is 0 Å². The van der Waals surface area contributed by atoms with Gasteiger partial charge in [0, 0.05) is 12.6 Å². The lowest BCUT2D eigenvalue weighted by molar-refractivity contribution is 0.256. The molecule has 0 amide bonds. The highest BCUT2D eigenvalue weighted by atomic mass is 15.7. The number of rotatable bonds is 0. The Morgan fingerprint density at radius 3 is 3.50 bits per heavy atom. The molecule has 2 aliphatic heterocycles. The second-order valence-electron chi connectivity index (χ2n) is 1.78. The molecule has 0 bridgehead atoms. The molecule has 0 radical (unpaired) electrons. The Balaban J connectivity index is 2.22. The van der Waals surface area contributed by atoms with E-state index in [2.05, 4.69) is 15.5 Å². The van der Waals surface area contributed by atoms with Gasteiger partial charge in [0.1, 0.15) is 12.5 Å². The summed E-state index contributed by atoms with van der Waals surface area (Å²) in [5, 5.41) is 12.5. The summed E-state index contributed by atoms with van der Waals surface area (Å²) >= 11 is 0. The van der Waals surface area contributed by atoms with Gasteiger partial charge in [-0.2, -0.15) is 10.2 Å². The summed E-state index contributed by atoms with van der Waals surface area (Å²) in [7, 11) is 0. The lowest BCUT2D eigenvalue weighted by Crippen LogP contribution is -2.28. The quantitative estimate of drug-likeness (QED) is 0.459. The van der Waals surface area contributed by atoms with Crippen molar-refractivity contribution >= 4 is 12.6 Å². The maximum atomic E-state index is 3.95. The molecule has 2 aliphatic rings. The highest BCUT2D eigenvalue weighted by Crippen LogP contribution is 2.10. The van der Waals surface area contributed by atoms with Crippen LogP contribution in [-0.4, -0.2) is 23.8 Å². The monoisotopic (exact) mass is 110 g/mol. The van der Waals surface area contributed by atoms with E-state index < -0.39 is 0 Å². The minimum Gasteiger partial charge on any atom is -0.351 e. The third kappa shape index (κ3) is 0.344. The van der Waals surface area contributed by atoms with Gasteiger partial charge in [-0.05, 0) is 0 Å². The molecule has 0 aliphatic carbocycles. The average molecular weight is 110 g/mol. The highest BCUT2D eigenvalue weighted by Gasteiger charge is 2.21. The summed E-state index contributed by atoms with van der Waals surface area (Å²) in [6.45, 7) is 0. The second-order valence-corrected chi connectivity index (χ2v) is 1.78. The Kier molecular flexibility index (Phi) is 0.588. The molecule has 4 heteroatoms. The molecule has 0 aromatic heterocycles. The molecule has 0 saturated carbocycles. The normalized spacial score (nSPS) is 31.0. The van der Waals surface area contributed by atoms with Crippen LogP contribution in [0.15, 0.2) is 10.2 Å². The number of hydrogen-bond donors (Lipinski definition) is 1. The summed E-state index contributed by atoms with van der Waals surface area (Å²) in [6.07, 6.45) is 4.80. The Bertz CT molecular complexity index is 134. The molecule has 1 atom stereocenters. The Hall–Kier alpha value is -1.06. The molecule has 2 heterocycles. The number of fused-ring (bicyclic) bond motifs is 1. The van der Waals surface area contributed by atoms with Crippen LogP contribution in [0.4, 0.5) is 0 Å². The van der Waals surface area contributed by atoms with Crippen LogP contribution < -0.4 is 5.32 Å². The van der Waals surface area contributed by atoms with Gasteiger partial charge in [-0.3, -0.25) is 0 Å². The molecule has 0 aromatic rings. The molecule has 1 unspecified atom stereocenters. The first kappa shape index (κ1) is 3.88. The Labute approximate surface area is 46.9 Å². The molecule has 4 nitrogen and oxygen atoms in total. The van der Waals surface area contributed by atoms with Gasteiger partial charge in [0.15, 0.2) is 0 Å². The highest BCUT2D eigenvalue weighted by molar-refractivity contribution is 5.64. The summed E-state index contributed by atoms with van der Waals surface area (Å²) in [5.74, 6) is 0. The van der Waals surface area contributed by atoms with E-state index in [-0.39, 0.29) is 0 Å². The molecule has 2 rings (SSSR count).